The van der Waals surface area contributed by atoms with Gasteiger partial charge in [-0.25, -0.2) is 4.79 Å². The first-order chi connectivity index (χ1) is 16.5. The first-order valence-electron chi connectivity index (χ1n) is 11.4. The number of aryl methyl sites for hydroxylation is 1. The number of amides is 1. The highest BCUT2D eigenvalue weighted by molar-refractivity contribution is 5.96. The van der Waals surface area contributed by atoms with Crippen LogP contribution in [0, 0.1) is 6.92 Å². The van der Waals surface area contributed by atoms with Crippen molar-refractivity contribution in [3.05, 3.63) is 70.1 Å². The molecule has 8 heteroatoms. The molecule has 2 heterocycles. The molecule has 1 saturated heterocycles. The van der Waals surface area contributed by atoms with E-state index in [0.717, 1.165) is 24.2 Å². The van der Waals surface area contributed by atoms with Crippen molar-refractivity contribution in [2.24, 2.45) is 0 Å². The van der Waals surface area contributed by atoms with Crippen molar-refractivity contribution in [2.45, 2.75) is 38.7 Å². The van der Waals surface area contributed by atoms with Crippen molar-refractivity contribution in [1.29, 1.82) is 0 Å². The second-order valence-corrected chi connectivity index (χ2v) is 8.23. The third-order valence-electron chi connectivity index (χ3n) is 5.51. The van der Waals surface area contributed by atoms with Gasteiger partial charge in [-0.2, -0.15) is 0 Å². The lowest BCUT2D eigenvalue weighted by Crippen LogP contribution is -2.34. The van der Waals surface area contributed by atoms with E-state index in [2.05, 4.69) is 5.32 Å². The molecule has 3 aromatic rings. The van der Waals surface area contributed by atoms with E-state index in [1.807, 2.05) is 31.2 Å². The van der Waals surface area contributed by atoms with Crippen molar-refractivity contribution < 1.29 is 28.2 Å². The number of hydrogen-bond acceptors (Lipinski definition) is 7. The maximum absolute atomic E-state index is 12.4. The highest BCUT2D eigenvalue weighted by Crippen LogP contribution is 2.21. The summed E-state index contributed by atoms with van der Waals surface area (Å²) in [7, 11) is 0. The summed E-state index contributed by atoms with van der Waals surface area (Å²) in [6, 6.07) is 13.9. The monoisotopic (exact) mass is 465 g/mol. The Bertz CT molecular complexity index is 1210. The Morgan fingerprint density at radius 3 is 2.65 bits per heavy atom. The highest BCUT2D eigenvalue weighted by Gasteiger charge is 2.19. The van der Waals surface area contributed by atoms with Gasteiger partial charge in [0.15, 0.2) is 0 Å². The molecule has 1 atom stereocenters. The van der Waals surface area contributed by atoms with Gasteiger partial charge in [-0.15, -0.1) is 0 Å². The normalized spacial score (nSPS) is 15.3. The van der Waals surface area contributed by atoms with E-state index in [1.54, 1.807) is 12.1 Å². The number of carbonyl (C=O) groups is 2. The van der Waals surface area contributed by atoms with Crippen LogP contribution in [0.25, 0.3) is 11.0 Å². The Hall–Kier alpha value is -3.65. The summed E-state index contributed by atoms with van der Waals surface area (Å²) in [5, 5.41) is 3.27. The fourth-order valence-corrected chi connectivity index (χ4v) is 3.64. The number of benzene rings is 2. The molecule has 0 radical (unpaired) electrons. The molecule has 0 saturated carbocycles. The van der Waals surface area contributed by atoms with Gasteiger partial charge >= 0.3 is 11.6 Å². The van der Waals surface area contributed by atoms with Crippen molar-refractivity contribution in [2.75, 3.05) is 19.8 Å². The minimum absolute atomic E-state index is 0.0251. The number of nitrogens with one attached hydrogen (secondary N) is 1. The quantitative estimate of drug-likeness (QED) is 0.222. The summed E-state index contributed by atoms with van der Waals surface area (Å²) in [5.41, 5.74) is 0.544. The zero-order valence-corrected chi connectivity index (χ0v) is 19.0. The van der Waals surface area contributed by atoms with Crippen LogP contribution in [0.15, 0.2) is 57.7 Å². The third kappa shape index (κ3) is 6.23. The van der Waals surface area contributed by atoms with E-state index in [1.165, 1.54) is 12.1 Å². The molecule has 0 spiro atoms. The summed E-state index contributed by atoms with van der Waals surface area (Å²) in [6.07, 6.45) is 2.50. The van der Waals surface area contributed by atoms with Crippen LogP contribution >= 0.6 is 0 Å². The maximum Gasteiger partial charge on any atom is 0.349 e. The molecule has 0 bridgehead atoms. The second-order valence-electron chi connectivity index (χ2n) is 8.23. The molecule has 1 unspecified atom stereocenters. The predicted molar refractivity (Wildman–Crippen MR) is 125 cm³/mol. The molecule has 1 aliphatic heterocycles. The summed E-state index contributed by atoms with van der Waals surface area (Å²) in [4.78, 5) is 36.9. The topological polar surface area (TPSA) is 104 Å². The van der Waals surface area contributed by atoms with E-state index < -0.39 is 17.5 Å². The number of carbonyl (C=O) groups excluding carboxylic acids is 2. The first kappa shape index (κ1) is 23.5. The van der Waals surface area contributed by atoms with Gasteiger partial charge in [-0.3, -0.25) is 9.59 Å². The largest absolute Gasteiger partial charge is 0.494 e. The van der Waals surface area contributed by atoms with Gasteiger partial charge in [0, 0.05) is 31.0 Å². The fourth-order valence-electron chi connectivity index (χ4n) is 3.64. The molecule has 1 N–H and O–H groups in total. The van der Waals surface area contributed by atoms with Crippen molar-refractivity contribution in [3.8, 4) is 11.5 Å². The number of hydrogen-bond donors (Lipinski definition) is 1. The van der Waals surface area contributed by atoms with E-state index in [-0.39, 0.29) is 29.4 Å². The van der Waals surface area contributed by atoms with Crippen LogP contribution in [0.5, 0.6) is 11.5 Å². The SMILES string of the molecule is Cc1ccc(OCCCC(=O)Oc2ccc3cc(C(=O)NCC4CCCO4)c(=O)oc3c2)cc1. The predicted octanol–water partition coefficient (Wildman–Crippen LogP) is 3.77. The van der Waals surface area contributed by atoms with Crippen LogP contribution < -0.4 is 20.4 Å². The van der Waals surface area contributed by atoms with E-state index >= 15 is 0 Å². The molecule has 2 aromatic carbocycles. The number of fused-ring (bicyclic) bond motifs is 1. The second kappa shape index (κ2) is 11.0. The minimum Gasteiger partial charge on any atom is -0.494 e. The van der Waals surface area contributed by atoms with Gasteiger partial charge in [-0.05, 0) is 56.5 Å². The summed E-state index contributed by atoms with van der Waals surface area (Å²) < 4.78 is 21.7. The average Bonchev–Trinajstić information content (AvgIpc) is 3.35. The van der Waals surface area contributed by atoms with E-state index in [4.69, 9.17) is 18.6 Å². The van der Waals surface area contributed by atoms with Gasteiger partial charge in [-0.1, -0.05) is 17.7 Å². The van der Waals surface area contributed by atoms with Gasteiger partial charge in [0.2, 0.25) is 0 Å². The summed E-state index contributed by atoms with van der Waals surface area (Å²) in [5.74, 6) is 0.0907. The van der Waals surface area contributed by atoms with Crippen LogP contribution in [-0.4, -0.2) is 37.7 Å². The molecular formula is C26H27NO7. The van der Waals surface area contributed by atoms with Gasteiger partial charge in [0.05, 0.1) is 12.7 Å². The minimum atomic E-state index is -0.755. The van der Waals surface area contributed by atoms with Crippen molar-refractivity contribution >= 4 is 22.8 Å². The lowest BCUT2D eigenvalue weighted by molar-refractivity contribution is -0.134. The molecule has 1 amide bonds. The molecular weight excluding hydrogens is 438 g/mol. The molecule has 34 heavy (non-hydrogen) atoms. The summed E-state index contributed by atoms with van der Waals surface area (Å²) >= 11 is 0. The van der Waals surface area contributed by atoms with Gasteiger partial charge in [0.25, 0.3) is 5.91 Å². The number of rotatable bonds is 9. The Kier molecular flexibility index (Phi) is 7.59. The van der Waals surface area contributed by atoms with Crippen LogP contribution in [0.1, 0.15) is 41.6 Å². The zero-order valence-electron chi connectivity index (χ0n) is 19.0. The third-order valence-corrected chi connectivity index (χ3v) is 5.51. The molecule has 8 nitrogen and oxygen atoms in total. The molecule has 4 rings (SSSR count). The average molecular weight is 466 g/mol. The smallest absolute Gasteiger partial charge is 0.349 e. The van der Waals surface area contributed by atoms with E-state index in [0.29, 0.717) is 31.6 Å². The first-order valence-corrected chi connectivity index (χ1v) is 11.4. The molecule has 1 aromatic heterocycles. The summed E-state index contributed by atoms with van der Waals surface area (Å²) in [6.45, 7) is 3.43. The molecule has 178 valence electrons. The van der Waals surface area contributed by atoms with Gasteiger partial charge in [0.1, 0.15) is 22.6 Å². The Morgan fingerprint density at radius 1 is 1.09 bits per heavy atom. The Labute approximate surface area is 196 Å². The Balaban J connectivity index is 1.30. The molecule has 1 aliphatic rings. The standard InChI is InChI=1S/C26H27NO7/c1-17-6-9-19(10-7-17)31-13-3-5-24(28)33-20-11-8-18-14-22(26(30)34-23(18)15-20)25(29)27-16-21-4-2-12-32-21/h6-11,14-15,21H,2-5,12-13,16H2,1H3,(H,27,29). The fraction of sp³-hybridized carbons (Fsp3) is 0.346. The van der Waals surface area contributed by atoms with Crippen LogP contribution in [0.4, 0.5) is 0 Å². The maximum atomic E-state index is 12.4. The van der Waals surface area contributed by atoms with E-state index in [9.17, 15) is 14.4 Å². The molecule has 0 aliphatic carbocycles. The Morgan fingerprint density at radius 2 is 1.88 bits per heavy atom. The number of ether oxygens (including phenoxy) is 3. The zero-order chi connectivity index (χ0) is 23.9. The number of esters is 1. The van der Waals surface area contributed by atoms with Gasteiger partial charge < -0.3 is 23.9 Å². The van der Waals surface area contributed by atoms with Crippen LogP contribution in [0.2, 0.25) is 0 Å². The highest BCUT2D eigenvalue weighted by atomic mass is 16.5. The molecule has 1 fully saturated rings. The van der Waals surface area contributed by atoms with Crippen molar-refractivity contribution in [1.82, 2.24) is 5.32 Å². The van der Waals surface area contributed by atoms with Crippen LogP contribution in [-0.2, 0) is 9.53 Å². The van der Waals surface area contributed by atoms with Crippen molar-refractivity contribution in [3.63, 3.8) is 0 Å². The lowest BCUT2D eigenvalue weighted by atomic mass is 10.1. The van der Waals surface area contributed by atoms with Crippen LogP contribution in [0.3, 0.4) is 0 Å². The lowest BCUT2D eigenvalue weighted by Gasteiger charge is -2.10.